The number of hydrogen-bond acceptors (Lipinski definition) is 8. The Bertz CT molecular complexity index is 1060. The molecule has 0 aliphatic carbocycles. The summed E-state index contributed by atoms with van der Waals surface area (Å²) in [6.07, 6.45) is 3.38. The molecule has 0 bridgehead atoms. The topological polar surface area (TPSA) is 96.2 Å². The lowest BCUT2D eigenvalue weighted by Crippen LogP contribution is -2.33. The van der Waals surface area contributed by atoms with Gasteiger partial charge in [0.2, 0.25) is 5.82 Å². The summed E-state index contributed by atoms with van der Waals surface area (Å²) in [4.78, 5) is 21.2. The van der Waals surface area contributed by atoms with Gasteiger partial charge in [-0.15, -0.1) is 0 Å². The molecule has 1 aromatic carbocycles. The third-order valence-electron chi connectivity index (χ3n) is 4.86. The van der Waals surface area contributed by atoms with Crippen molar-refractivity contribution in [3.8, 4) is 0 Å². The Hall–Kier alpha value is -3.40. The minimum atomic E-state index is -0.516. The van der Waals surface area contributed by atoms with Gasteiger partial charge in [0.05, 0.1) is 10.6 Å². The number of halogens is 1. The highest BCUT2D eigenvalue weighted by molar-refractivity contribution is 7.99. The van der Waals surface area contributed by atoms with Gasteiger partial charge in [0.25, 0.3) is 0 Å². The molecule has 0 atom stereocenters. The Morgan fingerprint density at radius 2 is 1.90 bits per heavy atom. The number of aromatic nitrogens is 2. The summed E-state index contributed by atoms with van der Waals surface area (Å²) in [5.41, 5.74) is 1.75. The molecule has 0 saturated carbocycles. The number of hydrogen-bond donors (Lipinski definition) is 2. The van der Waals surface area contributed by atoms with Gasteiger partial charge in [0.1, 0.15) is 11.6 Å². The van der Waals surface area contributed by atoms with Crippen LogP contribution in [0.15, 0.2) is 54.9 Å². The van der Waals surface area contributed by atoms with Gasteiger partial charge < -0.3 is 15.5 Å². The summed E-state index contributed by atoms with van der Waals surface area (Å²) in [6, 6.07) is 11.4. The minimum Gasteiger partial charge on any atom is -0.368 e. The van der Waals surface area contributed by atoms with Gasteiger partial charge in [-0.2, -0.15) is 11.8 Å². The van der Waals surface area contributed by atoms with E-state index in [9.17, 15) is 14.5 Å². The molecular weight excluding hydrogens is 419 g/mol. The van der Waals surface area contributed by atoms with E-state index >= 15 is 0 Å². The molecule has 160 valence electrons. The molecule has 1 aliphatic rings. The number of benzene rings is 1. The number of pyridine rings is 2. The summed E-state index contributed by atoms with van der Waals surface area (Å²) in [5, 5.41) is 17.5. The van der Waals surface area contributed by atoms with E-state index in [0.29, 0.717) is 23.7 Å². The molecule has 0 unspecified atom stereocenters. The smallest absolute Gasteiger partial charge is 0.311 e. The summed E-state index contributed by atoms with van der Waals surface area (Å²) < 4.78 is 14.7. The first-order valence-corrected chi connectivity index (χ1v) is 10.9. The highest BCUT2D eigenvalue weighted by Crippen LogP contribution is 2.30. The molecule has 31 heavy (non-hydrogen) atoms. The Morgan fingerprint density at radius 3 is 2.61 bits per heavy atom. The Balaban J connectivity index is 1.53. The molecule has 1 aliphatic heterocycles. The minimum absolute atomic E-state index is 0.0475. The molecule has 0 amide bonds. The van der Waals surface area contributed by atoms with E-state index in [4.69, 9.17) is 0 Å². The van der Waals surface area contributed by atoms with Gasteiger partial charge in [0.15, 0.2) is 0 Å². The second kappa shape index (κ2) is 9.61. The monoisotopic (exact) mass is 440 g/mol. The Labute approximate surface area is 183 Å². The van der Waals surface area contributed by atoms with Crippen molar-refractivity contribution < 1.29 is 9.31 Å². The zero-order valence-corrected chi connectivity index (χ0v) is 17.4. The largest absolute Gasteiger partial charge is 0.368 e. The van der Waals surface area contributed by atoms with Crippen LogP contribution in [0.2, 0.25) is 0 Å². The summed E-state index contributed by atoms with van der Waals surface area (Å²) in [5.74, 6) is 2.08. The number of nitro groups is 1. The standard InChI is InChI=1S/C21H21FN6O2S/c22-17-13-16(1-2-18(17)27-9-11-31-12-10-27)25-21-19(28(29)30)3-4-20(26-21)24-14-15-5-7-23-8-6-15/h1-8,13H,9-12,14H2,(H2,24,25,26). The third kappa shape index (κ3) is 5.21. The van der Waals surface area contributed by atoms with E-state index in [1.165, 1.54) is 12.1 Å². The number of thioether (sulfide) groups is 1. The first-order valence-electron chi connectivity index (χ1n) is 9.77. The second-order valence-corrected chi connectivity index (χ2v) is 8.15. The molecule has 10 heteroatoms. The van der Waals surface area contributed by atoms with Crippen LogP contribution in [-0.2, 0) is 6.54 Å². The average Bonchev–Trinajstić information content (AvgIpc) is 2.79. The van der Waals surface area contributed by atoms with Crippen molar-refractivity contribution in [1.29, 1.82) is 0 Å². The molecular formula is C21H21FN6O2S. The third-order valence-corrected chi connectivity index (χ3v) is 5.80. The van der Waals surface area contributed by atoms with Crippen LogP contribution >= 0.6 is 11.8 Å². The molecule has 0 radical (unpaired) electrons. The number of nitrogens with one attached hydrogen (secondary N) is 2. The lowest BCUT2D eigenvalue weighted by Gasteiger charge is -2.28. The Morgan fingerprint density at radius 1 is 1.13 bits per heavy atom. The van der Waals surface area contributed by atoms with Gasteiger partial charge in [-0.3, -0.25) is 15.1 Å². The van der Waals surface area contributed by atoms with Crippen LogP contribution in [0.5, 0.6) is 0 Å². The molecule has 3 aromatic rings. The summed E-state index contributed by atoms with van der Waals surface area (Å²) >= 11 is 1.85. The highest BCUT2D eigenvalue weighted by atomic mass is 32.2. The lowest BCUT2D eigenvalue weighted by molar-refractivity contribution is -0.384. The zero-order valence-electron chi connectivity index (χ0n) is 16.6. The van der Waals surface area contributed by atoms with Crippen LogP contribution in [0.3, 0.4) is 0 Å². The lowest BCUT2D eigenvalue weighted by atomic mass is 10.2. The van der Waals surface area contributed by atoms with Crippen molar-refractivity contribution >= 4 is 40.5 Å². The van der Waals surface area contributed by atoms with Crippen LogP contribution in [0.25, 0.3) is 0 Å². The predicted octanol–water partition coefficient (Wildman–Crippen LogP) is 4.43. The van der Waals surface area contributed by atoms with Crippen LogP contribution < -0.4 is 15.5 Å². The summed E-state index contributed by atoms with van der Waals surface area (Å²) in [6.45, 7) is 2.09. The van der Waals surface area contributed by atoms with E-state index in [0.717, 1.165) is 30.2 Å². The fraction of sp³-hybridized carbons (Fsp3) is 0.238. The maximum atomic E-state index is 14.7. The van der Waals surface area contributed by atoms with Crippen molar-refractivity contribution in [3.05, 3.63) is 76.4 Å². The van der Waals surface area contributed by atoms with Crippen molar-refractivity contribution in [2.75, 3.05) is 40.1 Å². The Kier molecular flexibility index (Phi) is 6.46. The molecule has 1 saturated heterocycles. The first kappa shape index (κ1) is 20.9. The first-order chi connectivity index (χ1) is 15.1. The molecule has 2 aromatic heterocycles. The number of nitrogens with zero attached hydrogens (tertiary/aromatic N) is 4. The van der Waals surface area contributed by atoms with Crippen molar-refractivity contribution in [3.63, 3.8) is 0 Å². The van der Waals surface area contributed by atoms with Gasteiger partial charge in [-0.25, -0.2) is 9.37 Å². The van der Waals surface area contributed by atoms with Crippen LogP contribution in [0.4, 0.5) is 33.1 Å². The van der Waals surface area contributed by atoms with Crippen LogP contribution in [0, 0.1) is 15.9 Å². The number of anilines is 4. The second-order valence-electron chi connectivity index (χ2n) is 6.92. The molecule has 2 N–H and O–H groups in total. The zero-order chi connectivity index (χ0) is 21.6. The SMILES string of the molecule is O=[N+]([O-])c1ccc(NCc2ccncc2)nc1Nc1ccc(N2CCSCC2)c(F)c1. The van der Waals surface area contributed by atoms with Crippen molar-refractivity contribution in [1.82, 2.24) is 9.97 Å². The van der Waals surface area contributed by atoms with Gasteiger partial charge in [0, 0.05) is 55.3 Å². The van der Waals surface area contributed by atoms with E-state index in [2.05, 4.69) is 20.6 Å². The van der Waals surface area contributed by atoms with Gasteiger partial charge >= 0.3 is 5.69 Å². The van der Waals surface area contributed by atoms with Crippen LogP contribution in [-0.4, -0.2) is 39.5 Å². The van der Waals surface area contributed by atoms with E-state index < -0.39 is 4.92 Å². The molecule has 4 rings (SSSR count). The predicted molar refractivity (Wildman–Crippen MR) is 122 cm³/mol. The maximum absolute atomic E-state index is 14.7. The van der Waals surface area contributed by atoms with Crippen molar-refractivity contribution in [2.24, 2.45) is 0 Å². The summed E-state index contributed by atoms with van der Waals surface area (Å²) in [7, 11) is 0. The fourth-order valence-corrected chi connectivity index (χ4v) is 4.17. The van der Waals surface area contributed by atoms with Crippen molar-refractivity contribution in [2.45, 2.75) is 6.54 Å². The van der Waals surface area contributed by atoms with E-state index in [1.54, 1.807) is 30.6 Å². The normalized spacial score (nSPS) is 13.6. The molecule has 1 fully saturated rings. The quantitative estimate of drug-likeness (QED) is 0.411. The molecule has 8 nitrogen and oxygen atoms in total. The van der Waals surface area contributed by atoms with Gasteiger partial charge in [-0.05, 0) is 42.0 Å². The van der Waals surface area contributed by atoms with Crippen LogP contribution in [0.1, 0.15) is 5.56 Å². The molecule has 0 spiro atoms. The average molecular weight is 441 g/mol. The van der Waals surface area contributed by atoms with E-state index in [1.807, 2.05) is 28.8 Å². The molecule has 3 heterocycles. The fourth-order valence-electron chi connectivity index (χ4n) is 3.26. The maximum Gasteiger partial charge on any atom is 0.311 e. The number of rotatable bonds is 7. The van der Waals surface area contributed by atoms with Gasteiger partial charge in [-0.1, -0.05) is 0 Å². The highest BCUT2D eigenvalue weighted by Gasteiger charge is 2.19. The van der Waals surface area contributed by atoms with E-state index in [-0.39, 0.29) is 17.3 Å².